The molecule has 2 aliphatic heterocycles. The first-order valence-electron chi connectivity index (χ1n) is 8.56. The summed E-state index contributed by atoms with van der Waals surface area (Å²) in [4.78, 5) is 2.69. The van der Waals surface area contributed by atoms with E-state index in [1.54, 1.807) is 0 Å². The van der Waals surface area contributed by atoms with Crippen molar-refractivity contribution in [2.24, 2.45) is 0 Å². The highest BCUT2D eigenvalue weighted by Gasteiger charge is 2.37. The summed E-state index contributed by atoms with van der Waals surface area (Å²) in [6, 6.07) is 10.8. The van der Waals surface area contributed by atoms with Crippen LogP contribution in [0.3, 0.4) is 0 Å². The van der Waals surface area contributed by atoms with Crippen molar-refractivity contribution in [1.29, 1.82) is 0 Å². The van der Waals surface area contributed by atoms with Crippen LogP contribution in [0.25, 0.3) is 0 Å². The molecule has 0 saturated carbocycles. The van der Waals surface area contributed by atoms with Crippen LogP contribution in [-0.2, 0) is 0 Å². The minimum Gasteiger partial charge on any atom is -0.494 e. The maximum atomic E-state index is 5.56. The minimum atomic E-state index is 0.708. The molecule has 1 aromatic carbocycles. The molecule has 3 nitrogen and oxygen atoms in total. The van der Waals surface area contributed by atoms with Crippen molar-refractivity contribution in [2.75, 3.05) is 18.1 Å². The molecule has 21 heavy (non-hydrogen) atoms. The minimum absolute atomic E-state index is 0.708. The van der Waals surface area contributed by atoms with Gasteiger partial charge in [-0.2, -0.15) is 0 Å². The number of benzene rings is 1. The predicted molar refractivity (Wildman–Crippen MR) is 88.2 cm³/mol. The highest BCUT2D eigenvalue weighted by atomic mass is 16.5. The molecule has 3 rings (SSSR count). The van der Waals surface area contributed by atoms with E-state index in [9.17, 15) is 0 Å². The molecule has 2 bridgehead atoms. The molecular formula is C18H28N2O. The van der Waals surface area contributed by atoms with Gasteiger partial charge >= 0.3 is 0 Å². The van der Waals surface area contributed by atoms with Gasteiger partial charge in [0.1, 0.15) is 5.75 Å². The maximum Gasteiger partial charge on any atom is 0.119 e. The molecule has 2 heterocycles. The average Bonchev–Trinajstić information content (AvgIpc) is 2.48. The van der Waals surface area contributed by atoms with Gasteiger partial charge in [0.15, 0.2) is 0 Å². The second kappa shape index (κ2) is 6.69. The summed E-state index contributed by atoms with van der Waals surface area (Å²) in [6.07, 6.45) is 6.65. The molecule has 2 atom stereocenters. The molecule has 2 unspecified atom stereocenters. The lowest BCUT2D eigenvalue weighted by Crippen LogP contribution is -2.56. The Kier molecular flexibility index (Phi) is 4.69. The molecular weight excluding hydrogens is 260 g/mol. The van der Waals surface area contributed by atoms with Crippen LogP contribution in [0.2, 0.25) is 0 Å². The van der Waals surface area contributed by atoms with Crippen molar-refractivity contribution < 1.29 is 4.74 Å². The maximum absolute atomic E-state index is 5.56. The Morgan fingerprint density at radius 3 is 2.33 bits per heavy atom. The fraction of sp³-hybridized carbons (Fsp3) is 0.667. The first kappa shape index (κ1) is 14.7. The molecule has 3 heteroatoms. The van der Waals surface area contributed by atoms with E-state index < -0.39 is 0 Å². The molecule has 0 amide bonds. The predicted octanol–water partition coefficient (Wildman–Crippen LogP) is 3.58. The first-order chi connectivity index (χ1) is 10.3. The molecule has 2 saturated heterocycles. The van der Waals surface area contributed by atoms with E-state index in [-0.39, 0.29) is 0 Å². The standard InChI is InChI=1S/C18H28N2O/c1-3-19-14-12-16-6-5-7-17(13-14)20(16)15-8-10-18(11-9-15)21-4-2/h8-11,14,16-17,19H,3-7,12-13H2,1-2H3. The van der Waals surface area contributed by atoms with Crippen molar-refractivity contribution >= 4 is 5.69 Å². The van der Waals surface area contributed by atoms with Crippen molar-refractivity contribution in [2.45, 2.75) is 64.1 Å². The summed E-state index contributed by atoms with van der Waals surface area (Å²) in [5.74, 6) is 0.981. The molecule has 1 aromatic rings. The van der Waals surface area contributed by atoms with Crippen molar-refractivity contribution in [3.63, 3.8) is 0 Å². The zero-order valence-corrected chi connectivity index (χ0v) is 13.3. The second-order valence-electron chi connectivity index (χ2n) is 6.30. The lowest BCUT2D eigenvalue weighted by molar-refractivity contribution is 0.247. The Morgan fingerprint density at radius 1 is 1.10 bits per heavy atom. The van der Waals surface area contributed by atoms with Crippen LogP contribution < -0.4 is 15.0 Å². The number of hydrogen-bond acceptors (Lipinski definition) is 3. The van der Waals surface area contributed by atoms with Gasteiger partial charge < -0.3 is 15.0 Å². The Morgan fingerprint density at radius 2 is 1.76 bits per heavy atom. The van der Waals surface area contributed by atoms with Gasteiger partial charge in [-0.1, -0.05) is 6.92 Å². The van der Waals surface area contributed by atoms with E-state index >= 15 is 0 Å². The Balaban J connectivity index is 1.75. The fourth-order valence-electron chi connectivity index (χ4n) is 4.14. The van der Waals surface area contributed by atoms with E-state index in [0.29, 0.717) is 18.1 Å². The van der Waals surface area contributed by atoms with Gasteiger partial charge in [0.05, 0.1) is 6.61 Å². The third-order valence-electron chi connectivity index (χ3n) is 4.91. The molecule has 0 radical (unpaired) electrons. The molecule has 2 fully saturated rings. The van der Waals surface area contributed by atoms with E-state index in [1.807, 2.05) is 6.92 Å². The third-order valence-corrected chi connectivity index (χ3v) is 4.91. The Labute approximate surface area is 128 Å². The summed E-state index contributed by atoms with van der Waals surface area (Å²) >= 11 is 0. The van der Waals surface area contributed by atoms with Gasteiger partial charge in [0.25, 0.3) is 0 Å². The average molecular weight is 288 g/mol. The molecule has 0 aliphatic carbocycles. The third kappa shape index (κ3) is 3.18. The molecule has 1 N–H and O–H groups in total. The number of anilines is 1. The van der Waals surface area contributed by atoms with Crippen molar-refractivity contribution in [1.82, 2.24) is 5.32 Å². The first-order valence-corrected chi connectivity index (χ1v) is 8.56. The number of hydrogen-bond donors (Lipinski definition) is 1. The van der Waals surface area contributed by atoms with Gasteiger partial charge in [-0.15, -0.1) is 0 Å². The van der Waals surface area contributed by atoms with Gasteiger partial charge in [-0.25, -0.2) is 0 Å². The van der Waals surface area contributed by atoms with Gasteiger partial charge in [0.2, 0.25) is 0 Å². The largest absolute Gasteiger partial charge is 0.494 e. The number of rotatable bonds is 5. The lowest BCUT2D eigenvalue weighted by Gasteiger charge is -2.50. The number of nitrogens with zero attached hydrogens (tertiary/aromatic N) is 1. The molecule has 0 aromatic heterocycles. The number of piperidine rings is 2. The van der Waals surface area contributed by atoms with Crippen LogP contribution in [0.1, 0.15) is 46.0 Å². The van der Waals surface area contributed by atoms with Crippen molar-refractivity contribution in [3.05, 3.63) is 24.3 Å². The van der Waals surface area contributed by atoms with Crippen LogP contribution in [-0.4, -0.2) is 31.3 Å². The summed E-state index contributed by atoms with van der Waals surface area (Å²) < 4.78 is 5.56. The van der Waals surface area contributed by atoms with Gasteiger partial charge in [-0.05, 0) is 69.8 Å². The number of ether oxygens (including phenoxy) is 1. The van der Waals surface area contributed by atoms with Gasteiger partial charge in [-0.3, -0.25) is 0 Å². The van der Waals surface area contributed by atoms with Crippen LogP contribution in [0.15, 0.2) is 24.3 Å². The summed E-state index contributed by atoms with van der Waals surface area (Å²) in [7, 11) is 0. The zero-order valence-electron chi connectivity index (χ0n) is 13.3. The Bertz CT molecular complexity index is 431. The summed E-state index contributed by atoms with van der Waals surface area (Å²) in [5.41, 5.74) is 1.38. The SMILES string of the molecule is CCNC1CC2CCCC(C1)N2c1ccc(OCC)cc1. The fourth-order valence-corrected chi connectivity index (χ4v) is 4.14. The van der Waals surface area contributed by atoms with Crippen LogP contribution >= 0.6 is 0 Å². The summed E-state index contributed by atoms with van der Waals surface area (Å²) in [6.45, 7) is 6.07. The van der Waals surface area contributed by atoms with E-state index in [2.05, 4.69) is 41.4 Å². The van der Waals surface area contributed by atoms with Crippen molar-refractivity contribution in [3.8, 4) is 5.75 Å². The quantitative estimate of drug-likeness (QED) is 0.896. The number of nitrogens with one attached hydrogen (secondary N) is 1. The topological polar surface area (TPSA) is 24.5 Å². The van der Waals surface area contributed by atoms with Crippen LogP contribution in [0.4, 0.5) is 5.69 Å². The molecule has 2 aliphatic rings. The number of fused-ring (bicyclic) bond motifs is 2. The smallest absolute Gasteiger partial charge is 0.119 e. The molecule has 116 valence electrons. The second-order valence-corrected chi connectivity index (χ2v) is 6.30. The zero-order chi connectivity index (χ0) is 14.7. The molecule has 0 spiro atoms. The van der Waals surface area contributed by atoms with E-state index in [4.69, 9.17) is 4.74 Å². The van der Waals surface area contributed by atoms with Crippen LogP contribution in [0, 0.1) is 0 Å². The highest BCUT2D eigenvalue weighted by molar-refractivity contribution is 5.52. The van der Waals surface area contributed by atoms with E-state index in [1.165, 1.54) is 37.8 Å². The lowest BCUT2D eigenvalue weighted by atomic mass is 9.81. The monoisotopic (exact) mass is 288 g/mol. The van der Waals surface area contributed by atoms with Gasteiger partial charge in [0, 0.05) is 23.8 Å². The highest BCUT2D eigenvalue weighted by Crippen LogP contribution is 2.38. The summed E-state index contributed by atoms with van der Waals surface area (Å²) in [5, 5.41) is 3.66. The normalized spacial score (nSPS) is 28.5. The Hall–Kier alpha value is -1.22. The van der Waals surface area contributed by atoms with Crippen LogP contribution in [0.5, 0.6) is 5.75 Å². The van der Waals surface area contributed by atoms with E-state index in [0.717, 1.165) is 18.9 Å².